The second-order valence-electron chi connectivity index (χ2n) is 5.03. The first-order valence-electron chi connectivity index (χ1n) is 7.67. The van der Waals surface area contributed by atoms with Gasteiger partial charge in [-0.25, -0.2) is 0 Å². The molecule has 0 radical (unpaired) electrons. The summed E-state index contributed by atoms with van der Waals surface area (Å²) in [7, 11) is -1.43. The van der Waals surface area contributed by atoms with Gasteiger partial charge in [-0.3, -0.25) is 0 Å². The Morgan fingerprint density at radius 1 is 0.900 bits per heavy atom. The maximum atomic E-state index is 6.14. The van der Waals surface area contributed by atoms with E-state index in [1.165, 1.54) is 23.7 Å². The fourth-order valence-electron chi connectivity index (χ4n) is 2.24. The predicted molar refractivity (Wildman–Crippen MR) is 88.4 cm³/mol. The maximum Gasteiger partial charge on any atom is 0.192 e. The van der Waals surface area contributed by atoms with E-state index in [9.17, 15) is 0 Å². The summed E-state index contributed by atoms with van der Waals surface area (Å²) in [5, 5.41) is 0. The zero-order valence-corrected chi connectivity index (χ0v) is 14.1. The topological polar surface area (TPSA) is 18.5 Å². The van der Waals surface area contributed by atoms with Gasteiger partial charge in [0.1, 0.15) is 0 Å². The molecule has 1 aromatic rings. The predicted octanol–water partition coefficient (Wildman–Crippen LogP) is 4.78. The molecular formula is C17H28O2Si. The molecule has 112 valence electrons. The standard InChI is InChI=1S/C17H28O2Si/c1-4-20(5-2,6-3)19-15-11-10-14-18-16-17-12-8-7-9-13-17/h7-13H,4-6,14-16H2,1-3H3/b11-10-. The summed E-state index contributed by atoms with van der Waals surface area (Å²) in [6.07, 6.45) is 4.15. The van der Waals surface area contributed by atoms with Gasteiger partial charge in [-0.05, 0) is 23.7 Å². The van der Waals surface area contributed by atoms with Crippen LogP contribution < -0.4 is 0 Å². The van der Waals surface area contributed by atoms with Gasteiger partial charge in [-0.2, -0.15) is 0 Å². The van der Waals surface area contributed by atoms with Crippen LogP contribution >= 0.6 is 0 Å². The van der Waals surface area contributed by atoms with Gasteiger partial charge >= 0.3 is 0 Å². The molecule has 0 aromatic heterocycles. The van der Waals surface area contributed by atoms with Gasteiger partial charge in [0.15, 0.2) is 8.32 Å². The SMILES string of the molecule is CC[Si](CC)(CC)OC/C=C\COCc1ccccc1. The minimum Gasteiger partial charge on any atom is -0.413 e. The van der Waals surface area contributed by atoms with Crippen molar-refractivity contribution in [1.29, 1.82) is 0 Å². The molecule has 0 aliphatic heterocycles. The van der Waals surface area contributed by atoms with Gasteiger partial charge in [0.25, 0.3) is 0 Å². The highest BCUT2D eigenvalue weighted by molar-refractivity contribution is 6.73. The average molecular weight is 292 g/mol. The highest BCUT2D eigenvalue weighted by Crippen LogP contribution is 2.21. The molecule has 0 atom stereocenters. The Hall–Kier alpha value is -0.903. The molecule has 0 spiro atoms. The van der Waals surface area contributed by atoms with Gasteiger partial charge in [0.05, 0.1) is 19.8 Å². The molecule has 0 aliphatic carbocycles. The zero-order chi connectivity index (χ0) is 14.7. The van der Waals surface area contributed by atoms with Crippen molar-refractivity contribution >= 4 is 8.32 Å². The van der Waals surface area contributed by atoms with Crippen LogP contribution in [0, 0.1) is 0 Å². The highest BCUT2D eigenvalue weighted by Gasteiger charge is 2.27. The van der Waals surface area contributed by atoms with Gasteiger partial charge in [0, 0.05) is 0 Å². The average Bonchev–Trinajstić information content (AvgIpc) is 2.52. The summed E-state index contributed by atoms with van der Waals surface area (Å²) in [6, 6.07) is 13.9. The molecule has 0 amide bonds. The van der Waals surface area contributed by atoms with Crippen LogP contribution in [0.1, 0.15) is 26.3 Å². The highest BCUT2D eigenvalue weighted by atomic mass is 28.4. The van der Waals surface area contributed by atoms with E-state index in [4.69, 9.17) is 9.16 Å². The number of hydrogen-bond donors (Lipinski definition) is 0. The Balaban J connectivity index is 2.16. The molecule has 3 heteroatoms. The van der Waals surface area contributed by atoms with E-state index in [2.05, 4.69) is 45.1 Å². The third kappa shape index (κ3) is 6.03. The largest absolute Gasteiger partial charge is 0.413 e. The number of hydrogen-bond acceptors (Lipinski definition) is 2. The smallest absolute Gasteiger partial charge is 0.192 e. The van der Waals surface area contributed by atoms with Crippen molar-refractivity contribution < 1.29 is 9.16 Å². The Labute approximate surface area is 124 Å². The van der Waals surface area contributed by atoms with E-state index in [0.29, 0.717) is 13.2 Å². The minimum absolute atomic E-state index is 0.650. The van der Waals surface area contributed by atoms with Crippen molar-refractivity contribution in [1.82, 2.24) is 0 Å². The van der Waals surface area contributed by atoms with Crippen LogP contribution in [0.2, 0.25) is 18.1 Å². The lowest BCUT2D eigenvalue weighted by molar-refractivity contribution is 0.148. The molecule has 0 bridgehead atoms. The van der Waals surface area contributed by atoms with E-state index in [1.54, 1.807) is 0 Å². The summed E-state index contributed by atoms with van der Waals surface area (Å²) in [4.78, 5) is 0. The molecule has 20 heavy (non-hydrogen) atoms. The van der Waals surface area contributed by atoms with Crippen molar-refractivity contribution in [3.63, 3.8) is 0 Å². The Morgan fingerprint density at radius 2 is 1.50 bits per heavy atom. The molecule has 0 fully saturated rings. The Morgan fingerprint density at radius 3 is 2.10 bits per heavy atom. The fraction of sp³-hybridized carbons (Fsp3) is 0.529. The normalized spacial score (nSPS) is 12.2. The van der Waals surface area contributed by atoms with Crippen LogP contribution in [0.25, 0.3) is 0 Å². The first kappa shape index (κ1) is 17.1. The van der Waals surface area contributed by atoms with Crippen molar-refractivity contribution in [2.75, 3.05) is 13.2 Å². The van der Waals surface area contributed by atoms with Crippen LogP contribution in [0.15, 0.2) is 42.5 Å². The van der Waals surface area contributed by atoms with Crippen LogP contribution in [-0.4, -0.2) is 21.5 Å². The van der Waals surface area contributed by atoms with E-state index >= 15 is 0 Å². The number of rotatable bonds is 10. The first-order valence-corrected chi connectivity index (χ1v) is 10.2. The van der Waals surface area contributed by atoms with E-state index in [1.807, 2.05) is 18.2 Å². The van der Waals surface area contributed by atoms with E-state index in [0.717, 1.165) is 6.61 Å². The third-order valence-electron chi connectivity index (χ3n) is 3.91. The molecule has 1 aromatic carbocycles. The van der Waals surface area contributed by atoms with E-state index < -0.39 is 8.32 Å². The lowest BCUT2D eigenvalue weighted by Crippen LogP contribution is -2.35. The first-order chi connectivity index (χ1) is 9.76. The number of benzene rings is 1. The molecule has 0 heterocycles. The summed E-state index contributed by atoms with van der Waals surface area (Å²) < 4.78 is 11.7. The Bertz CT molecular complexity index is 364. The second kappa shape index (κ2) is 9.92. The molecule has 0 saturated carbocycles. The summed E-state index contributed by atoms with van der Waals surface area (Å²) in [5.41, 5.74) is 1.21. The summed E-state index contributed by atoms with van der Waals surface area (Å²) in [6.45, 7) is 8.82. The Kier molecular flexibility index (Phi) is 8.50. The van der Waals surface area contributed by atoms with E-state index in [-0.39, 0.29) is 0 Å². The lowest BCUT2D eigenvalue weighted by Gasteiger charge is -2.27. The van der Waals surface area contributed by atoms with Crippen molar-refractivity contribution in [2.24, 2.45) is 0 Å². The van der Waals surface area contributed by atoms with Crippen molar-refractivity contribution in [3.05, 3.63) is 48.0 Å². The maximum absolute atomic E-state index is 6.14. The quantitative estimate of drug-likeness (QED) is 0.351. The zero-order valence-electron chi connectivity index (χ0n) is 13.1. The summed E-state index contributed by atoms with van der Waals surface area (Å²) >= 11 is 0. The molecule has 1 rings (SSSR count). The van der Waals surface area contributed by atoms with Crippen molar-refractivity contribution in [2.45, 2.75) is 45.5 Å². The van der Waals surface area contributed by atoms with Gasteiger partial charge in [0.2, 0.25) is 0 Å². The van der Waals surface area contributed by atoms with Crippen LogP contribution in [0.3, 0.4) is 0 Å². The van der Waals surface area contributed by atoms with Gasteiger partial charge < -0.3 is 9.16 Å². The van der Waals surface area contributed by atoms with Gasteiger partial charge in [-0.1, -0.05) is 63.3 Å². The third-order valence-corrected chi connectivity index (χ3v) is 8.56. The number of ether oxygens (including phenoxy) is 1. The second-order valence-corrected chi connectivity index (χ2v) is 9.80. The molecular weight excluding hydrogens is 264 g/mol. The monoisotopic (exact) mass is 292 g/mol. The summed E-state index contributed by atoms with van der Waals surface area (Å²) in [5.74, 6) is 0. The minimum atomic E-state index is -1.43. The van der Waals surface area contributed by atoms with Crippen molar-refractivity contribution in [3.8, 4) is 0 Å². The van der Waals surface area contributed by atoms with Crippen LogP contribution in [0.4, 0.5) is 0 Å². The van der Waals surface area contributed by atoms with Crippen LogP contribution in [-0.2, 0) is 15.8 Å². The molecule has 0 saturated heterocycles. The molecule has 0 aliphatic rings. The molecule has 0 unspecified atom stereocenters. The van der Waals surface area contributed by atoms with Crippen LogP contribution in [0.5, 0.6) is 0 Å². The fourth-order valence-corrected chi connectivity index (χ4v) is 4.80. The lowest BCUT2D eigenvalue weighted by atomic mass is 10.2. The van der Waals surface area contributed by atoms with Gasteiger partial charge in [-0.15, -0.1) is 0 Å². The molecule has 2 nitrogen and oxygen atoms in total. The molecule has 0 N–H and O–H groups in total.